The summed E-state index contributed by atoms with van der Waals surface area (Å²) in [4.78, 5) is 14.9. The second-order valence-corrected chi connectivity index (χ2v) is 7.88. The molecule has 1 saturated heterocycles. The average Bonchev–Trinajstić information content (AvgIpc) is 2.87. The minimum absolute atomic E-state index is 0.00816. The lowest BCUT2D eigenvalue weighted by atomic mass is 9.92. The molecule has 0 spiro atoms. The van der Waals surface area contributed by atoms with Crippen molar-refractivity contribution in [3.8, 4) is 5.75 Å². The molecule has 2 atom stereocenters. The normalized spacial score (nSPS) is 20.9. The molecule has 2 heterocycles. The lowest BCUT2D eigenvalue weighted by Crippen LogP contribution is -2.43. The van der Waals surface area contributed by atoms with Crippen molar-refractivity contribution in [3.05, 3.63) is 77.1 Å². The van der Waals surface area contributed by atoms with E-state index >= 15 is 0 Å². The summed E-state index contributed by atoms with van der Waals surface area (Å²) in [5.41, 5.74) is 2.90. The lowest BCUT2D eigenvalue weighted by molar-refractivity contribution is -0.158. The summed E-state index contributed by atoms with van der Waals surface area (Å²) in [6, 6.07) is 15.4. The van der Waals surface area contributed by atoms with Crippen LogP contribution in [0.3, 0.4) is 0 Å². The van der Waals surface area contributed by atoms with Gasteiger partial charge in [-0.3, -0.25) is 4.79 Å². The third-order valence-electron chi connectivity index (χ3n) is 5.75. The Morgan fingerprint density at radius 3 is 2.41 bits per heavy atom. The Kier molecular flexibility index (Phi) is 7.42. The minimum atomic E-state index is -0.551. The quantitative estimate of drug-likeness (QED) is 0.715. The highest BCUT2D eigenvalue weighted by atomic mass is 16.7. The molecule has 1 N–H and O–H groups in total. The van der Waals surface area contributed by atoms with E-state index in [0.29, 0.717) is 45.1 Å². The van der Waals surface area contributed by atoms with Crippen molar-refractivity contribution in [1.29, 1.82) is 0 Å². The van der Waals surface area contributed by atoms with Gasteiger partial charge in [-0.05, 0) is 34.9 Å². The van der Waals surface area contributed by atoms with E-state index in [2.05, 4.69) is 0 Å². The summed E-state index contributed by atoms with van der Waals surface area (Å²) in [6.45, 7) is 2.53. The molecule has 0 aliphatic carbocycles. The molecule has 7 nitrogen and oxygen atoms in total. The summed E-state index contributed by atoms with van der Waals surface area (Å²) in [5.74, 6) is 0.956. The SMILES string of the molecule is COc1ccc([C@H]2C=C(C(=O)N3CCOCC3)O[C@@H](OCc3ccc(CO)cc3)C2)cc1. The Morgan fingerprint density at radius 1 is 1.06 bits per heavy atom. The van der Waals surface area contributed by atoms with Crippen molar-refractivity contribution in [2.75, 3.05) is 33.4 Å². The predicted molar refractivity (Wildman–Crippen MR) is 118 cm³/mol. The number of morpholine rings is 1. The number of allylic oxidation sites excluding steroid dienone is 1. The first kappa shape index (κ1) is 22.3. The number of rotatable bonds is 7. The molecule has 32 heavy (non-hydrogen) atoms. The molecular formula is C25H29NO6. The number of hydrogen-bond acceptors (Lipinski definition) is 6. The van der Waals surface area contributed by atoms with Crippen LogP contribution in [0.1, 0.15) is 29.0 Å². The van der Waals surface area contributed by atoms with Crippen molar-refractivity contribution >= 4 is 5.91 Å². The van der Waals surface area contributed by atoms with Gasteiger partial charge in [0.2, 0.25) is 6.29 Å². The van der Waals surface area contributed by atoms with Crippen LogP contribution in [0.2, 0.25) is 0 Å². The monoisotopic (exact) mass is 439 g/mol. The average molecular weight is 440 g/mol. The van der Waals surface area contributed by atoms with E-state index in [4.69, 9.17) is 18.9 Å². The molecule has 0 bridgehead atoms. The van der Waals surface area contributed by atoms with Crippen molar-refractivity contribution < 1.29 is 28.8 Å². The largest absolute Gasteiger partial charge is 0.497 e. The summed E-state index contributed by atoms with van der Waals surface area (Å²) in [5, 5.41) is 9.21. The van der Waals surface area contributed by atoms with Crippen molar-refractivity contribution in [1.82, 2.24) is 4.90 Å². The van der Waals surface area contributed by atoms with E-state index in [0.717, 1.165) is 22.4 Å². The third-order valence-corrected chi connectivity index (χ3v) is 5.75. The van der Waals surface area contributed by atoms with E-state index in [1.54, 1.807) is 12.0 Å². The third kappa shape index (κ3) is 5.48. The Balaban J connectivity index is 1.50. The number of ether oxygens (including phenoxy) is 4. The van der Waals surface area contributed by atoms with Gasteiger partial charge in [-0.1, -0.05) is 36.4 Å². The highest BCUT2D eigenvalue weighted by molar-refractivity contribution is 5.91. The van der Waals surface area contributed by atoms with Gasteiger partial charge in [-0.2, -0.15) is 0 Å². The van der Waals surface area contributed by atoms with Gasteiger partial charge in [0.1, 0.15) is 5.75 Å². The summed E-state index contributed by atoms with van der Waals surface area (Å²) < 4.78 is 22.7. The summed E-state index contributed by atoms with van der Waals surface area (Å²) in [7, 11) is 1.64. The van der Waals surface area contributed by atoms with E-state index in [9.17, 15) is 9.90 Å². The molecule has 1 amide bonds. The van der Waals surface area contributed by atoms with Gasteiger partial charge < -0.3 is 29.0 Å². The van der Waals surface area contributed by atoms with Gasteiger partial charge >= 0.3 is 0 Å². The Hall–Kier alpha value is -2.87. The first-order valence-electron chi connectivity index (χ1n) is 10.9. The van der Waals surface area contributed by atoms with Gasteiger partial charge in [0.05, 0.1) is 33.5 Å². The maximum Gasteiger partial charge on any atom is 0.288 e. The molecule has 0 radical (unpaired) electrons. The van der Waals surface area contributed by atoms with Crippen molar-refractivity contribution in [3.63, 3.8) is 0 Å². The van der Waals surface area contributed by atoms with E-state index in [-0.39, 0.29) is 18.4 Å². The number of aliphatic hydroxyl groups excluding tert-OH is 1. The molecule has 4 rings (SSSR count). The first-order valence-corrected chi connectivity index (χ1v) is 10.9. The fraction of sp³-hybridized carbons (Fsp3) is 0.400. The van der Waals surface area contributed by atoms with Gasteiger partial charge in [0.25, 0.3) is 5.91 Å². The molecule has 2 aromatic rings. The zero-order chi connectivity index (χ0) is 22.3. The molecule has 0 unspecified atom stereocenters. The smallest absolute Gasteiger partial charge is 0.288 e. The molecule has 170 valence electrons. The molecule has 7 heteroatoms. The van der Waals surface area contributed by atoms with Gasteiger partial charge in [0, 0.05) is 25.4 Å². The lowest BCUT2D eigenvalue weighted by Gasteiger charge is -2.33. The highest BCUT2D eigenvalue weighted by Crippen LogP contribution is 2.33. The minimum Gasteiger partial charge on any atom is -0.497 e. The molecule has 2 aromatic carbocycles. The molecule has 0 aromatic heterocycles. The number of methoxy groups -OCH3 is 1. The number of nitrogens with zero attached hydrogens (tertiary/aromatic N) is 1. The zero-order valence-electron chi connectivity index (χ0n) is 18.2. The van der Waals surface area contributed by atoms with Crippen LogP contribution < -0.4 is 4.74 Å². The van der Waals surface area contributed by atoms with Gasteiger partial charge in [-0.25, -0.2) is 0 Å². The van der Waals surface area contributed by atoms with Gasteiger partial charge in [-0.15, -0.1) is 0 Å². The van der Waals surface area contributed by atoms with Crippen LogP contribution in [-0.4, -0.2) is 55.6 Å². The number of aliphatic hydroxyl groups is 1. The predicted octanol–water partition coefficient (Wildman–Crippen LogP) is 2.98. The van der Waals surface area contributed by atoms with Crippen LogP contribution in [0.4, 0.5) is 0 Å². The van der Waals surface area contributed by atoms with Crippen LogP contribution in [0, 0.1) is 0 Å². The second-order valence-electron chi connectivity index (χ2n) is 7.88. The zero-order valence-corrected chi connectivity index (χ0v) is 18.2. The molecule has 2 aliphatic rings. The van der Waals surface area contributed by atoms with Crippen LogP contribution in [0.5, 0.6) is 5.75 Å². The first-order chi connectivity index (χ1) is 15.7. The second kappa shape index (κ2) is 10.6. The summed E-state index contributed by atoms with van der Waals surface area (Å²) >= 11 is 0. The molecule has 0 saturated carbocycles. The van der Waals surface area contributed by atoms with E-state index in [1.807, 2.05) is 54.6 Å². The highest BCUT2D eigenvalue weighted by Gasteiger charge is 2.31. The Bertz CT molecular complexity index is 918. The fourth-order valence-corrected chi connectivity index (χ4v) is 3.85. The molecular weight excluding hydrogens is 410 g/mol. The standard InChI is InChI=1S/C25H29NO6/c1-29-22-8-6-20(7-9-22)21-14-23(25(28)26-10-12-30-13-11-26)32-24(15-21)31-17-19-4-2-18(16-27)3-5-19/h2-9,14,21,24,27H,10-13,15-17H2,1H3/t21-,24+/m0/s1. The number of carbonyl (C=O) groups excluding carboxylic acids is 1. The fourth-order valence-electron chi connectivity index (χ4n) is 3.85. The Morgan fingerprint density at radius 2 is 1.75 bits per heavy atom. The van der Waals surface area contributed by atoms with E-state index < -0.39 is 6.29 Å². The van der Waals surface area contributed by atoms with Crippen LogP contribution >= 0.6 is 0 Å². The maximum atomic E-state index is 13.1. The van der Waals surface area contributed by atoms with Crippen LogP contribution in [-0.2, 0) is 32.2 Å². The van der Waals surface area contributed by atoms with Crippen LogP contribution in [0.25, 0.3) is 0 Å². The number of benzene rings is 2. The number of hydrogen-bond donors (Lipinski definition) is 1. The van der Waals surface area contributed by atoms with Crippen molar-refractivity contribution in [2.45, 2.75) is 31.8 Å². The Labute approximate surface area is 188 Å². The topological polar surface area (TPSA) is 77.5 Å². The summed E-state index contributed by atoms with van der Waals surface area (Å²) in [6.07, 6.45) is 1.95. The molecule has 2 aliphatic heterocycles. The van der Waals surface area contributed by atoms with E-state index in [1.165, 1.54) is 0 Å². The van der Waals surface area contributed by atoms with Crippen molar-refractivity contribution in [2.24, 2.45) is 0 Å². The number of amides is 1. The molecule has 1 fully saturated rings. The maximum absolute atomic E-state index is 13.1. The number of carbonyl (C=O) groups is 1. The van der Waals surface area contributed by atoms with Crippen LogP contribution in [0.15, 0.2) is 60.4 Å². The van der Waals surface area contributed by atoms with Gasteiger partial charge in [0.15, 0.2) is 5.76 Å².